The Morgan fingerprint density at radius 2 is 1.25 bits per heavy atom. The predicted molar refractivity (Wildman–Crippen MR) is 136 cm³/mol. The predicted octanol–water partition coefficient (Wildman–Crippen LogP) is 5.72. The Hall–Kier alpha value is -4.15. The first kappa shape index (κ1) is 22.3. The summed E-state index contributed by atoms with van der Waals surface area (Å²) in [7, 11) is 0. The number of aliphatic hydroxyl groups is 1. The lowest BCUT2D eigenvalue weighted by atomic mass is 9.58. The fourth-order valence-corrected chi connectivity index (χ4v) is 6.19. The van der Waals surface area contributed by atoms with E-state index in [2.05, 4.69) is 0 Å². The Morgan fingerprint density at radius 3 is 1.94 bits per heavy atom. The summed E-state index contributed by atoms with van der Waals surface area (Å²) in [5.41, 5.74) is 1.45. The molecule has 0 aromatic heterocycles. The molecule has 4 nitrogen and oxygen atoms in total. The van der Waals surface area contributed by atoms with E-state index in [0.717, 1.165) is 0 Å². The van der Waals surface area contributed by atoms with Gasteiger partial charge in [-0.15, -0.1) is 0 Å². The lowest BCUT2D eigenvalue weighted by Gasteiger charge is -2.45. The molecule has 0 aliphatic heterocycles. The van der Waals surface area contributed by atoms with E-state index in [9.17, 15) is 19.5 Å². The zero-order chi connectivity index (χ0) is 24.9. The Bertz CT molecular complexity index is 1490. The summed E-state index contributed by atoms with van der Waals surface area (Å²) in [5, 5.41) is 12.2. The molecule has 4 aromatic carbocycles. The van der Waals surface area contributed by atoms with Crippen LogP contribution in [0.25, 0.3) is 0 Å². The Morgan fingerprint density at radius 1 is 0.694 bits per heavy atom. The lowest BCUT2D eigenvalue weighted by molar-refractivity contribution is -0.00159. The van der Waals surface area contributed by atoms with Crippen LogP contribution in [0.2, 0.25) is 0 Å². The monoisotopic (exact) mass is 472 g/mol. The van der Waals surface area contributed by atoms with Crippen LogP contribution in [0.3, 0.4) is 0 Å². The van der Waals surface area contributed by atoms with E-state index in [4.69, 9.17) is 0 Å². The molecule has 0 spiro atoms. The van der Waals surface area contributed by atoms with Crippen molar-refractivity contribution >= 4 is 17.3 Å². The topological polar surface area (TPSA) is 71.4 Å². The number of fused-ring (bicyclic) bond motifs is 5. The summed E-state index contributed by atoms with van der Waals surface area (Å²) in [4.78, 5) is 41.4. The molecule has 0 saturated carbocycles. The molecule has 0 bridgehead atoms. The summed E-state index contributed by atoms with van der Waals surface area (Å²) < 4.78 is 0. The van der Waals surface area contributed by atoms with Gasteiger partial charge in [-0.2, -0.15) is 0 Å². The quantitative estimate of drug-likeness (QED) is 0.377. The SMILES string of the molecule is O=C(C[C@@H]1c2ccccc2[C@]2(O)C(=O)c3ccccc3[C@@H]2[C@H]1C(=O)c1ccccc1)c1ccccc1. The molecule has 0 saturated heterocycles. The second-order valence-electron chi connectivity index (χ2n) is 9.60. The van der Waals surface area contributed by atoms with Crippen molar-refractivity contribution in [2.24, 2.45) is 5.92 Å². The van der Waals surface area contributed by atoms with Crippen molar-refractivity contribution < 1.29 is 19.5 Å². The minimum absolute atomic E-state index is 0.0793. The number of ketones is 3. The highest BCUT2D eigenvalue weighted by Gasteiger charge is 2.62. The molecule has 36 heavy (non-hydrogen) atoms. The molecule has 0 heterocycles. The minimum Gasteiger partial charge on any atom is -0.376 e. The molecule has 176 valence electrons. The van der Waals surface area contributed by atoms with Gasteiger partial charge in [-0.25, -0.2) is 0 Å². The third-order valence-electron chi connectivity index (χ3n) is 7.76. The van der Waals surface area contributed by atoms with E-state index in [1.807, 2.05) is 48.5 Å². The first-order chi connectivity index (χ1) is 17.5. The summed E-state index contributed by atoms with van der Waals surface area (Å²) in [6.45, 7) is 0. The van der Waals surface area contributed by atoms with E-state index in [-0.39, 0.29) is 18.0 Å². The number of hydrogen-bond acceptors (Lipinski definition) is 4. The fourth-order valence-electron chi connectivity index (χ4n) is 6.19. The highest BCUT2D eigenvalue weighted by Crippen LogP contribution is 2.60. The number of hydrogen-bond donors (Lipinski definition) is 1. The second-order valence-corrected chi connectivity index (χ2v) is 9.60. The van der Waals surface area contributed by atoms with Crippen molar-refractivity contribution in [1.82, 2.24) is 0 Å². The van der Waals surface area contributed by atoms with Gasteiger partial charge in [0.25, 0.3) is 0 Å². The maximum Gasteiger partial charge on any atom is 0.199 e. The van der Waals surface area contributed by atoms with E-state index in [0.29, 0.717) is 33.4 Å². The number of Topliss-reactive ketones (excluding diaryl/α,β-unsaturated/α-hetero) is 3. The molecule has 0 unspecified atom stereocenters. The van der Waals surface area contributed by atoms with Crippen LogP contribution < -0.4 is 0 Å². The van der Waals surface area contributed by atoms with Gasteiger partial charge >= 0.3 is 0 Å². The standard InChI is InChI=1S/C32H24O4/c33-27(20-11-3-1-4-12-20)19-25-22-15-9-10-18-26(22)32(36)29(23-16-7-8-17-24(23)31(32)35)28(25)30(34)21-13-5-2-6-14-21/h1-18,25,28-29,36H,19H2/t25-,28+,29-,32-/m1/s1. The highest BCUT2D eigenvalue weighted by atomic mass is 16.3. The Balaban J connectivity index is 1.58. The molecule has 6 rings (SSSR count). The zero-order valence-electron chi connectivity index (χ0n) is 19.5. The molecule has 0 radical (unpaired) electrons. The van der Waals surface area contributed by atoms with Gasteiger partial charge < -0.3 is 5.11 Å². The smallest absolute Gasteiger partial charge is 0.199 e. The van der Waals surface area contributed by atoms with E-state index >= 15 is 0 Å². The van der Waals surface area contributed by atoms with Crippen LogP contribution in [0, 0.1) is 5.92 Å². The third-order valence-corrected chi connectivity index (χ3v) is 7.76. The van der Waals surface area contributed by atoms with Crippen molar-refractivity contribution in [2.75, 3.05) is 0 Å². The van der Waals surface area contributed by atoms with Gasteiger partial charge in [0.1, 0.15) is 0 Å². The summed E-state index contributed by atoms with van der Waals surface area (Å²) in [6, 6.07) is 32.3. The van der Waals surface area contributed by atoms with Crippen LogP contribution in [0.1, 0.15) is 66.0 Å². The molecular weight excluding hydrogens is 448 g/mol. The Labute approximate surface area is 209 Å². The van der Waals surface area contributed by atoms with Gasteiger partial charge in [0.15, 0.2) is 23.0 Å². The number of carbonyl (C=O) groups excluding carboxylic acids is 3. The van der Waals surface area contributed by atoms with Crippen LogP contribution in [0.15, 0.2) is 109 Å². The molecule has 0 fully saturated rings. The molecule has 2 aliphatic carbocycles. The molecule has 4 atom stereocenters. The van der Waals surface area contributed by atoms with Crippen molar-refractivity contribution in [3.8, 4) is 0 Å². The number of carbonyl (C=O) groups is 3. The van der Waals surface area contributed by atoms with Gasteiger partial charge in [0, 0.05) is 40.9 Å². The second kappa shape index (κ2) is 8.51. The molecule has 2 aliphatic rings. The Kier molecular flexibility index (Phi) is 5.27. The lowest BCUT2D eigenvalue weighted by Crippen LogP contribution is -2.48. The van der Waals surface area contributed by atoms with E-state index in [1.165, 1.54) is 0 Å². The van der Waals surface area contributed by atoms with Gasteiger partial charge in [-0.05, 0) is 16.7 Å². The molecule has 4 aromatic rings. The first-order valence-electron chi connectivity index (χ1n) is 12.1. The number of benzene rings is 4. The van der Waals surface area contributed by atoms with E-state index in [1.54, 1.807) is 60.7 Å². The van der Waals surface area contributed by atoms with Crippen molar-refractivity contribution in [2.45, 2.75) is 23.9 Å². The average molecular weight is 473 g/mol. The van der Waals surface area contributed by atoms with Crippen LogP contribution in [-0.2, 0) is 5.60 Å². The molecule has 1 N–H and O–H groups in total. The first-order valence-corrected chi connectivity index (χ1v) is 12.1. The van der Waals surface area contributed by atoms with Crippen LogP contribution in [0.4, 0.5) is 0 Å². The average Bonchev–Trinajstić information content (AvgIpc) is 3.17. The highest BCUT2D eigenvalue weighted by molar-refractivity contribution is 6.11. The van der Waals surface area contributed by atoms with Crippen molar-refractivity contribution in [3.05, 3.63) is 143 Å². The molecular formula is C32H24O4. The van der Waals surface area contributed by atoms with Crippen LogP contribution in [0.5, 0.6) is 0 Å². The van der Waals surface area contributed by atoms with Crippen LogP contribution in [-0.4, -0.2) is 22.5 Å². The largest absolute Gasteiger partial charge is 0.376 e. The van der Waals surface area contributed by atoms with Gasteiger partial charge in [-0.3, -0.25) is 14.4 Å². The van der Waals surface area contributed by atoms with E-state index < -0.39 is 29.1 Å². The third kappa shape index (κ3) is 3.22. The summed E-state index contributed by atoms with van der Waals surface area (Å²) in [6.07, 6.45) is 0.0905. The molecule has 4 heteroatoms. The van der Waals surface area contributed by atoms with Gasteiger partial charge in [0.2, 0.25) is 0 Å². The molecule has 0 amide bonds. The zero-order valence-corrected chi connectivity index (χ0v) is 19.5. The fraction of sp³-hybridized carbons (Fsp3) is 0.156. The maximum atomic E-state index is 14.2. The van der Waals surface area contributed by atoms with Gasteiger partial charge in [0.05, 0.1) is 0 Å². The van der Waals surface area contributed by atoms with Crippen molar-refractivity contribution in [3.63, 3.8) is 0 Å². The van der Waals surface area contributed by atoms with Crippen molar-refractivity contribution in [1.29, 1.82) is 0 Å². The van der Waals surface area contributed by atoms with Crippen LogP contribution >= 0.6 is 0 Å². The normalized spacial score (nSPS) is 23.9. The minimum atomic E-state index is -1.87. The number of rotatable bonds is 5. The maximum absolute atomic E-state index is 14.2. The summed E-state index contributed by atoms with van der Waals surface area (Å²) >= 11 is 0. The summed E-state index contributed by atoms with van der Waals surface area (Å²) in [5.74, 6) is -2.75. The van der Waals surface area contributed by atoms with Gasteiger partial charge in [-0.1, -0.05) is 109 Å².